The van der Waals surface area contributed by atoms with Crippen molar-refractivity contribution in [3.05, 3.63) is 175 Å². The first-order valence-corrected chi connectivity index (χ1v) is 15.4. The highest BCUT2D eigenvalue weighted by atomic mass is 15.1. The molecule has 0 fully saturated rings. The Morgan fingerprint density at radius 2 is 0.955 bits per heavy atom. The predicted molar refractivity (Wildman–Crippen MR) is 187 cm³/mol. The third kappa shape index (κ3) is 4.16. The smallest absolute Gasteiger partial charge is 0.0540 e. The zero-order valence-electron chi connectivity index (χ0n) is 25.0. The molecular weight excluding hydrogens is 530 g/mol. The average molecular weight is 564 g/mol. The van der Waals surface area contributed by atoms with Crippen molar-refractivity contribution in [1.82, 2.24) is 0 Å². The zero-order chi connectivity index (χ0) is 29.7. The number of anilines is 3. The van der Waals surface area contributed by atoms with Crippen LogP contribution in [0.5, 0.6) is 0 Å². The summed E-state index contributed by atoms with van der Waals surface area (Å²) in [5.74, 6) is 0. The molecule has 0 heterocycles. The van der Waals surface area contributed by atoms with Crippen molar-refractivity contribution in [1.29, 1.82) is 0 Å². The molecule has 0 aliphatic heterocycles. The fourth-order valence-electron chi connectivity index (χ4n) is 7.14. The molecule has 0 aromatic heterocycles. The third-order valence-corrected chi connectivity index (χ3v) is 9.29. The molecule has 0 unspecified atom stereocenters. The Balaban J connectivity index is 1.29. The highest BCUT2D eigenvalue weighted by molar-refractivity contribution is 6.08. The molecule has 0 saturated carbocycles. The molecule has 7 aromatic carbocycles. The Bertz CT molecular complexity index is 2120. The number of hydrogen-bond donors (Lipinski definition) is 0. The summed E-state index contributed by atoms with van der Waals surface area (Å²) < 4.78 is 0. The minimum atomic E-state index is -0.0267. The van der Waals surface area contributed by atoms with E-state index in [1.54, 1.807) is 0 Å². The maximum absolute atomic E-state index is 2.40. The summed E-state index contributed by atoms with van der Waals surface area (Å²) in [6.45, 7) is 4.70. The van der Waals surface area contributed by atoms with E-state index in [2.05, 4.69) is 183 Å². The van der Waals surface area contributed by atoms with E-state index in [4.69, 9.17) is 0 Å². The molecule has 0 amide bonds. The number of rotatable bonds is 5. The lowest BCUT2D eigenvalue weighted by Crippen LogP contribution is -2.15. The fraction of sp³-hybridized carbons (Fsp3) is 0.0698. The molecular formula is C43H33N. The summed E-state index contributed by atoms with van der Waals surface area (Å²) in [6.07, 6.45) is 0. The van der Waals surface area contributed by atoms with Crippen LogP contribution in [0.4, 0.5) is 17.1 Å². The van der Waals surface area contributed by atoms with Crippen LogP contribution in [0.25, 0.3) is 44.2 Å². The Hall–Kier alpha value is -5.40. The molecule has 0 atom stereocenters. The van der Waals surface area contributed by atoms with Crippen molar-refractivity contribution in [3.8, 4) is 33.4 Å². The standard InChI is InChI=1S/C43H33N/c1-43(2)39-22-12-11-20-38(39)42-37-21-13-23-41(36(37)28-29-40(42)43)44(32-16-7-4-8-17-32)33-26-24-31(25-27-33)35-19-10-9-18-34(35)30-14-5-3-6-15-30/h3-29H,1-2H3. The largest absolute Gasteiger partial charge is 0.310 e. The van der Waals surface area contributed by atoms with Crippen molar-refractivity contribution in [2.75, 3.05) is 4.90 Å². The van der Waals surface area contributed by atoms with Crippen LogP contribution in [0.15, 0.2) is 164 Å². The van der Waals surface area contributed by atoms with Gasteiger partial charge in [-0.15, -0.1) is 0 Å². The van der Waals surface area contributed by atoms with Gasteiger partial charge in [0.05, 0.1) is 5.69 Å². The van der Waals surface area contributed by atoms with E-state index in [0.717, 1.165) is 11.4 Å². The second-order valence-corrected chi connectivity index (χ2v) is 12.2. The molecule has 0 bridgehead atoms. The van der Waals surface area contributed by atoms with Gasteiger partial charge < -0.3 is 4.90 Å². The van der Waals surface area contributed by atoms with E-state index >= 15 is 0 Å². The van der Waals surface area contributed by atoms with Gasteiger partial charge in [-0.05, 0) is 80.2 Å². The second kappa shape index (κ2) is 10.4. The number of hydrogen-bond acceptors (Lipinski definition) is 1. The van der Waals surface area contributed by atoms with Gasteiger partial charge in [0.2, 0.25) is 0 Å². The van der Waals surface area contributed by atoms with Crippen LogP contribution in [0.3, 0.4) is 0 Å². The molecule has 210 valence electrons. The van der Waals surface area contributed by atoms with Gasteiger partial charge in [-0.25, -0.2) is 0 Å². The van der Waals surface area contributed by atoms with Crippen LogP contribution < -0.4 is 4.90 Å². The maximum atomic E-state index is 2.40. The lowest BCUT2D eigenvalue weighted by Gasteiger charge is -2.28. The second-order valence-electron chi connectivity index (χ2n) is 12.2. The van der Waals surface area contributed by atoms with Crippen LogP contribution in [-0.2, 0) is 5.41 Å². The Morgan fingerprint density at radius 1 is 0.386 bits per heavy atom. The van der Waals surface area contributed by atoms with E-state index in [-0.39, 0.29) is 5.41 Å². The number of para-hydroxylation sites is 1. The topological polar surface area (TPSA) is 3.24 Å². The molecule has 8 rings (SSSR count). The van der Waals surface area contributed by atoms with Gasteiger partial charge in [0.25, 0.3) is 0 Å². The molecule has 0 spiro atoms. The summed E-state index contributed by atoms with van der Waals surface area (Å²) in [4.78, 5) is 2.40. The van der Waals surface area contributed by atoms with Crippen molar-refractivity contribution in [3.63, 3.8) is 0 Å². The van der Waals surface area contributed by atoms with Crippen LogP contribution in [0, 0.1) is 0 Å². The van der Waals surface area contributed by atoms with Gasteiger partial charge in [0, 0.05) is 22.2 Å². The van der Waals surface area contributed by atoms with E-state index in [0.29, 0.717) is 0 Å². The molecule has 0 radical (unpaired) electrons. The molecule has 1 nitrogen and oxygen atoms in total. The summed E-state index contributed by atoms with van der Waals surface area (Å²) in [5, 5.41) is 2.55. The maximum Gasteiger partial charge on any atom is 0.0540 e. The summed E-state index contributed by atoms with van der Waals surface area (Å²) >= 11 is 0. The average Bonchev–Trinajstić information content (AvgIpc) is 3.33. The van der Waals surface area contributed by atoms with Crippen molar-refractivity contribution in [2.45, 2.75) is 19.3 Å². The number of fused-ring (bicyclic) bond motifs is 5. The SMILES string of the molecule is CC1(C)c2ccccc2-c2c1ccc1c(N(c3ccccc3)c3ccc(-c4ccccc4-c4ccccc4)cc3)cccc21. The zero-order valence-corrected chi connectivity index (χ0v) is 25.0. The van der Waals surface area contributed by atoms with E-state index in [1.807, 2.05) is 0 Å². The van der Waals surface area contributed by atoms with Crippen LogP contribution >= 0.6 is 0 Å². The van der Waals surface area contributed by atoms with E-state index in [9.17, 15) is 0 Å². The summed E-state index contributed by atoms with van der Waals surface area (Å²) in [6, 6.07) is 59.4. The quantitative estimate of drug-likeness (QED) is 0.201. The lowest BCUT2D eigenvalue weighted by molar-refractivity contribution is 0.661. The fourth-order valence-corrected chi connectivity index (χ4v) is 7.14. The predicted octanol–water partition coefficient (Wildman–Crippen LogP) is 11.9. The van der Waals surface area contributed by atoms with Gasteiger partial charge in [-0.1, -0.05) is 147 Å². The first-order chi connectivity index (χ1) is 21.6. The van der Waals surface area contributed by atoms with E-state index in [1.165, 1.54) is 61.0 Å². The number of nitrogens with zero attached hydrogens (tertiary/aromatic N) is 1. The van der Waals surface area contributed by atoms with Crippen molar-refractivity contribution in [2.24, 2.45) is 0 Å². The number of benzene rings is 7. The summed E-state index contributed by atoms with van der Waals surface area (Å²) in [7, 11) is 0. The van der Waals surface area contributed by atoms with Crippen LogP contribution in [0.1, 0.15) is 25.0 Å². The lowest BCUT2D eigenvalue weighted by atomic mass is 9.82. The van der Waals surface area contributed by atoms with Crippen molar-refractivity contribution >= 4 is 27.8 Å². The van der Waals surface area contributed by atoms with Gasteiger partial charge in [-0.3, -0.25) is 0 Å². The normalized spacial score (nSPS) is 13.0. The molecule has 44 heavy (non-hydrogen) atoms. The highest BCUT2D eigenvalue weighted by Crippen LogP contribution is 2.52. The van der Waals surface area contributed by atoms with Crippen molar-refractivity contribution < 1.29 is 0 Å². The first-order valence-electron chi connectivity index (χ1n) is 15.4. The third-order valence-electron chi connectivity index (χ3n) is 9.29. The Labute approximate surface area is 259 Å². The molecule has 7 aromatic rings. The Morgan fingerprint density at radius 3 is 1.66 bits per heavy atom. The minimum absolute atomic E-state index is 0.0267. The Kier molecular flexibility index (Phi) is 6.20. The molecule has 0 N–H and O–H groups in total. The molecule has 0 saturated heterocycles. The molecule has 1 heteroatoms. The van der Waals surface area contributed by atoms with Crippen LogP contribution in [-0.4, -0.2) is 0 Å². The first kappa shape index (κ1) is 26.2. The van der Waals surface area contributed by atoms with Gasteiger partial charge in [0.15, 0.2) is 0 Å². The van der Waals surface area contributed by atoms with E-state index < -0.39 is 0 Å². The monoisotopic (exact) mass is 563 g/mol. The molecule has 1 aliphatic rings. The van der Waals surface area contributed by atoms with Gasteiger partial charge >= 0.3 is 0 Å². The van der Waals surface area contributed by atoms with Crippen LogP contribution in [0.2, 0.25) is 0 Å². The molecule has 1 aliphatic carbocycles. The summed E-state index contributed by atoms with van der Waals surface area (Å²) in [5.41, 5.74) is 13.8. The highest BCUT2D eigenvalue weighted by Gasteiger charge is 2.36. The van der Waals surface area contributed by atoms with Gasteiger partial charge in [-0.2, -0.15) is 0 Å². The van der Waals surface area contributed by atoms with Gasteiger partial charge in [0.1, 0.15) is 0 Å². The minimum Gasteiger partial charge on any atom is -0.310 e.